The molecule has 1 saturated heterocycles. The Hall–Kier alpha value is -0.530. The topological polar surface area (TPSA) is 12.0 Å². The Morgan fingerprint density at radius 3 is 2.62 bits per heavy atom. The maximum Gasteiger partial charge on any atom is 0.0409 e. The van der Waals surface area contributed by atoms with Gasteiger partial charge in [-0.25, -0.2) is 0 Å². The minimum Gasteiger partial charge on any atom is -0.315 e. The number of benzene rings is 1. The third-order valence-electron chi connectivity index (χ3n) is 2.88. The van der Waals surface area contributed by atoms with E-state index in [1.54, 1.807) is 0 Å². The maximum absolute atomic E-state index is 5.98. The van der Waals surface area contributed by atoms with Gasteiger partial charge < -0.3 is 5.32 Å². The number of aryl methyl sites for hydroxylation is 1. The molecular formula is C11H14ClN. The van der Waals surface area contributed by atoms with Crippen molar-refractivity contribution in [3.63, 3.8) is 0 Å². The normalized spacial score (nSPS) is 19.6. The largest absolute Gasteiger partial charge is 0.315 e. The number of rotatable bonds is 1. The quantitative estimate of drug-likeness (QED) is 0.726. The summed E-state index contributed by atoms with van der Waals surface area (Å²) in [5.41, 5.74) is 3.03. The van der Waals surface area contributed by atoms with Gasteiger partial charge in [0.2, 0.25) is 0 Å². The molecule has 70 valence electrons. The van der Waals surface area contributed by atoms with Crippen LogP contribution < -0.4 is 5.32 Å². The lowest BCUT2D eigenvalue weighted by Gasteiger charge is -2.41. The summed E-state index contributed by atoms with van der Waals surface area (Å²) in [7, 11) is 0. The lowest BCUT2D eigenvalue weighted by atomic mass is 9.75. The van der Waals surface area contributed by atoms with E-state index >= 15 is 0 Å². The summed E-state index contributed by atoms with van der Waals surface area (Å²) in [6.45, 7) is 6.56. The van der Waals surface area contributed by atoms with Gasteiger partial charge in [-0.05, 0) is 30.2 Å². The Morgan fingerprint density at radius 2 is 2.08 bits per heavy atom. The fourth-order valence-corrected chi connectivity index (χ4v) is 2.11. The second-order valence-electron chi connectivity index (χ2n) is 4.12. The molecule has 0 spiro atoms. The van der Waals surface area contributed by atoms with Gasteiger partial charge in [-0.1, -0.05) is 24.6 Å². The molecule has 0 bridgehead atoms. The first-order valence-electron chi connectivity index (χ1n) is 4.59. The standard InChI is InChI=1S/C11H14ClN/c1-8-3-4-9(12)5-10(8)11(2)6-13-7-11/h3-5,13H,6-7H2,1-2H3. The first-order chi connectivity index (χ1) is 6.12. The molecule has 1 aromatic carbocycles. The summed E-state index contributed by atoms with van der Waals surface area (Å²) in [6, 6.07) is 6.15. The molecule has 1 fully saturated rings. The maximum atomic E-state index is 5.98. The summed E-state index contributed by atoms with van der Waals surface area (Å²) in [4.78, 5) is 0. The van der Waals surface area contributed by atoms with Crippen LogP contribution in [-0.2, 0) is 5.41 Å². The summed E-state index contributed by atoms with van der Waals surface area (Å²) in [5, 5.41) is 4.15. The molecule has 1 aromatic rings. The molecule has 0 saturated carbocycles. The first kappa shape index (κ1) is 9.04. The van der Waals surface area contributed by atoms with Crippen LogP contribution in [0.15, 0.2) is 18.2 Å². The van der Waals surface area contributed by atoms with Gasteiger partial charge in [-0.2, -0.15) is 0 Å². The van der Waals surface area contributed by atoms with Gasteiger partial charge in [-0.15, -0.1) is 0 Å². The van der Waals surface area contributed by atoms with Crippen LogP contribution in [0.4, 0.5) is 0 Å². The van der Waals surface area contributed by atoms with Crippen LogP contribution in [0, 0.1) is 6.92 Å². The summed E-state index contributed by atoms with van der Waals surface area (Å²) < 4.78 is 0. The van der Waals surface area contributed by atoms with Gasteiger partial charge >= 0.3 is 0 Å². The van der Waals surface area contributed by atoms with Gasteiger partial charge in [0, 0.05) is 23.5 Å². The van der Waals surface area contributed by atoms with Crippen molar-refractivity contribution < 1.29 is 0 Å². The van der Waals surface area contributed by atoms with Crippen molar-refractivity contribution in [2.45, 2.75) is 19.3 Å². The molecule has 0 radical (unpaired) electrons. The van der Waals surface area contributed by atoms with E-state index in [9.17, 15) is 0 Å². The molecule has 0 amide bonds. The molecule has 1 nitrogen and oxygen atoms in total. The highest BCUT2D eigenvalue weighted by Gasteiger charge is 2.34. The highest BCUT2D eigenvalue weighted by Crippen LogP contribution is 2.31. The van der Waals surface area contributed by atoms with E-state index < -0.39 is 0 Å². The fraction of sp³-hybridized carbons (Fsp3) is 0.455. The van der Waals surface area contributed by atoms with E-state index in [0.717, 1.165) is 18.1 Å². The average Bonchev–Trinajstić information content (AvgIpc) is 2.05. The van der Waals surface area contributed by atoms with Crippen molar-refractivity contribution in [1.29, 1.82) is 0 Å². The Bertz CT molecular complexity index is 329. The van der Waals surface area contributed by atoms with Crippen molar-refractivity contribution in [2.24, 2.45) is 0 Å². The molecule has 0 atom stereocenters. The van der Waals surface area contributed by atoms with Crippen molar-refractivity contribution in [1.82, 2.24) is 5.32 Å². The monoisotopic (exact) mass is 195 g/mol. The number of hydrogen-bond donors (Lipinski definition) is 1. The number of nitrogens with one attached hydrogen (secondary N) is 1. The second-order valence-corrected chi connectivity index (χ2v) is 4.56. The average molecular weight is 196 g/mol. The molecule has 1 heterocycles. The molecule has 1 N–H and O–H groups in total. The van der Waals surface area contributed by atoms with E-state index in [1.165, 1.54) is 11.1 Å². The van der Waals surface area contributed by atoms with Crippen LogP contribution in [0.25, 0.3) is 0 Å². The van der Waals surface area contributed by atoms with Crippen LogP contribution >= 0.6 is 11.6 Å². The van der Waals surface area contributed by atoms with Crippen LogP contribution in [0.3, 0.4) is 0 Å². The van der Waals surface area contributed by atoms with Crippen LogP contribution in [-0.4, -0.2) is 13.1 Å². The highest BCUT2D eigenvalue weighted by molar-refractivity contribution is 6.30. The molecule has 0 aliphatic carbocycles. The summed E-state index contributed by atoms with van der Waals surface area (Å²) >= 11 is 5.98. The molecule has 0 unspecified atom stereocenters. The first-order valence-corrected chi connectivity index (χ1v) is 4.97. The van der Waals surface area contributed by atoms with E-state index in [4.69, 9.17) is 11.6 Å². The van der Waals surface area contributed by atoms with E-state index in [-0.39, 0.29) is 0 Å². The van der Waals surface area contributed by atoms with Crippen LogP contribution in [0.5, 0.6) is 0 Å². The molecular weight excluding hydrogens is 182 g/mol. The third kappa shape index (κ3) is 1.47. The van der Waals surface area contributed by atoms with Gasteiger partial charge in [0.25, 0.3) is 0 Å². The minimum absolute atomic E-state index is 0.301. The predicted molar refractivity (Wildman–Crippen MR) is 56.4 cm³/mol. The van der Waals surface area contributed by atoms with Crippen molar-refractivity contribution in [2.75, 3.05) is 13.1 Å². The second kappa shape index (κ2) is 3.00. The lowest BCUT2D eigenvalue weighted by Crippen LogP contribution is -2.55. The van der Waals surface area contributed by atoms with Gasteiger partial charge in [0.15, 0.2) is 0 Å². The minimum atomic E-state index is 0.301. The Morgan fingerprint density at radius 1 is 1.38 bits per heavy atom. The zero-order valence-electron chi connectivity index (χ0n) is 8.02. The van der Waals surface area contributed by atoms with E-state index in [1.807, 2.05) is 6.07 Å². The van der Waals surface area contributed by atoms with Crippen molar-refractivity contribution in [3.05, 3.63) is 34.3 Å². The summed E-state index contributed by atoms with van der Waals surface area (Å²) in [5.74, 6) is 0. The molecule has 13 heavy (non-hydrogen) atoms. The SMILES string of the molecule is Cc1ccc(Cl)cc1C1(C)CNC1. The van der Waals surface area contributed by atoms with Gasteiger partial charge in [0.05, 0.1) is 0 Å². The van der Waals surface area contributed by atoms with Crippen LogP contribution in [0.2, 0.25) is 5.02 Å². The predicted octanol–water partition coefficient (Wildman–Crippen LogP) is 2.51. The lowest BCUT2D eigenvalue weighted by molar-refractivity contribution is 0.304. The molecule has 2 heteroatoms. The fourth-order valence-electron chi connectivity index (χ4n) is 1.93. The Balaban J connectivity index is 2.43. The molecule has 1 aliphatic heterocycles. The third-order valence-corrected chi connectivity index (χ3v) is 3.12. The number of hydrogen-bond acceptors (Lipinski definition) is 1. The van der Waals surface area contributed by atoms with E-state index in [0.29, 0.717) is 5.41 Å². The summed E-state index contributed by atoms with van der Waals surface area (Å²) in [6.07, 6.45) is 0. The van der Waals surface area contributed by atoms with Gasteiger partial charge in [-0.3, -0.25) is 0 Å². The van der Waals surface area contributed by atoms with Crippen LogP contribution in [0.1, 0.15) is 18.1 Å². The van der Waals surface area contributed by atoms with E-state index in [2.05, 4.69) is 31.3 Å². The Kier molecular flexibility index (Phi) is 2.09. The Labute approximate surface area is 84.1 Å². The van der Waals surface area contributed by atoms with Crippen molar-refractivity contribution in [3.8, 4) is 0 Å². The molecule has 0 aromatic heterocycles. The molecule has 1 aliphatic rings. The zero-order valence-corrected chi connectivity index (χ0v) is 8.78. The number of halogens is 1. The zero-order chi connectivity index (χ0) is 9.47. The van der Waals surface area contributed by atoms with Gasteiger partial charge in [0.1, 0.15) is 0 Å². The van der Waals surface area contributed by atoms with Crippen molar-refractivity contribution >= 4 is 11.6 Å². The highest BCUT2D eigenvalue weighted by atomic mass is 35.5. The smallest absolute Gasteiger partial charge is 0.0409 e. The molecule has 2 rings (SSSR count).